The number of pyridine rings is 2. The zero-order valence-corrected chi connectivity index (χ0v) is 34.3. The predicted molar refractivity (Wildman–Crippen MR) is 219 cm³/mol. The van der Waals surface area contributed by atoms with Crippen LogP contribution in [0.5, 0.6) is 0 Å². The summed E-state index contributed by atoms with van der Waals surface area (Å²) in [6.07, 6.45) is 9.36. The van der Waals surface area contributed by atoms with Crippen LogP contribution in [0.2, 0.25) is 10.3 Å². The van der Waals surface area contributed by atoms with Crippen LogP contribution in [0.25, 0.3) is 0 Å². The maximum Gasteiger partial charge on any atom is 0.223 e. The molecule has 0 aromatic carbocycles. The Labute approximate surface area is 336 Å². The monoisotopic (exact) mass is 802 g/mol. The van der Waals surface area contributed by atoms with Gasteiger partial charge in [0.15, 0.2) is 12.3 Å². The van der Waals surface area contributed by atoms with Crippen LogP contribution in [0, 0.1) is 38.5 Å². The molecule has 0 fully saturated rings. The average molecular weight is 804 g/mol. The topological polar surface area (TPSA) is 232 Å². The number of nitrogens with zero attached hydrogens (tertiary/aromatic N) is 10. The standard InChI is InChI=1S/C19H22ClN7O.C16H20ClN5.C3H6N2O/c1-4-13-10(2)6-22-14(11(13)3)8-27-7-12(5-15-26-23-9-28-15)16-17(20)24-19(21)25-18(16)27;1-4-11-9(2)7-19-13(10(11)3)8-22-6-5-12-14(17)20-16(18)21-15(12)22;1-3(5)6-2-4/h6,9,12H,4-5,7-8H2,1-3H3,(H2,21,24,25);7H,4-6,8H2,1-3H3,(H2,18,20,21);2,4-5H,1H3/t12-;;/m0../s1. The second kappa shape index (κ2) is 18.4. The molecule has 0 radical (unpaired) electrons. The lowest BCUT2D eigenvalue weighted by Gasteiger charge is -2.21. The van der Waals surface area contributed by atoms with E-state index in [9.17, 15) is 0 Å². The van der Waals surface area contributed by atoms with Gasteiger partial charge < -0.3 is 30.4 Å². The van der Waals surface area contributed by atoms with Crippen molar-refractivity contribution in [3.05, 3.63) is 90.9 Å². The van der Waals surface area contributed by atoms with Gasteiger partial charge in [-0.1, -0.05) is 37.0 Å². The van der Waals surface area contributed by atoms with Crippen LogP contribution in [0.1, 0.15) is 88.5 Å². The number of nitrogens with two attached hydrogens (primary N) is 2. The largest absolute Gasteiger partial charge is 0.433 e. The van der Waals surface area contributed by atoms with Crippen LogP contribution in [0.15, 0.2) is 23.2 Å². The summed E-state index contributed by atoms with van der Waals surface area (Å²) < 4.78 is 9.50. The molecule has 0 amide bonds. The Kier molecular flexibility index (Phi) is 13.7. The summed E-state index contributed by atoms with van der Waals surface area (Å²) >= 11 is 12.6. The normalized spacial score (nSPS) is 14.0. The van der Waals surface area contributed by atoms with Gasteiger partial charge in [-0.2, -0.15) is 9.97 Å². The van der Waals surface area contributed by atoms with Crippen molar-refractivity contribution in [1.82, 2.24) is 40.1 Å². The van der Waals surface area contributed by atoms with Crippen molar-refractivity contribution < 1.29 is 9.15 Å². The second-order valence-corrected chi connectivity index (χ2v) is 14.3. The van der Waals surface area contributed by atoms with Gasteiger partial charge in [0, 0.05) is 55.9 Å². The highest BCUT2D eigenvalue weighted by Gasteiger charge is 2.35. The molecule has 2 aliphatic rings. The summed E-state index contributed by atoms with van der Waals surface area (Å²) in [6, 6.07) is 0. The van der Waals surface area contributed by atoms with Crippen molar-refractivity contribution in [1.29, 1.82) is 10.8 Å². The van der Waals surface area contributed by atoms with Gasteiger partial charge in [-0.05, 0) is 80.3 Å². The summed E-state index contributed by atoms with van der Waals surface area (Å²) in [5.74, 6) is 2.63. The molecule has 0 spiro atoms. The van der Waals surface area contributed by atoms with Gasteiger partial charge in [0.2, 0.25) is 24.2 Å². The van der Waals surface area contributed by atoms with Gasteiger partial charge in [-0.3, -0.25) is 20.8 Å². The van der Waals surface area contributed by atoms with E-state index in [4.69, 9.17) is 49.9 Å². The van der Waals surface area contributed by atoms with E-state index in [1.807, 2.05) is 12.4 Å². The summed E-state index contributed by atoms with van der Waals surface area (Å²) in [4.78, 5) is 30.7. The number of ether oxygens (including phenoxy) is 1. The first-order chi connectivity index (χ1) is 26.8. The lowest BCUT2D eigenvalue weighted by Crippen LogP contribution is -2.24. The van der Waals surface area contributed by atoms with E-state index in [0.717, 1.165) is 72.9 Å². The molecule has 0 saturated carbocycles. The molecular formula is C38H48Cl2N14O2. The van der Waals surface area contributed by atoms with E-state index >= 15 is 0 Å². The summed E-state index contributed by atoms with van der Waals surface area (Å²) in [7, 11) is 0. The fraction of sp³-hybridized carbons (Fsp3) is 0.421. The number of nitrogen functional groups attached to an aromatic ring is 2. The van der Waals surface area contributed by atoms with Gasteiger partial charge >= 0.3 is 0 Å². The van der Waals surface area contributed by atoms with Crippen LogP contribution in [0.4, 0.5) is 23.5 Å². The highest BCUT2D eigenvalue weighted by molar-refractivity contribution is 6.31. The van der Waals surface area contributed by atoms with Crippen molar-refractivity contribution in [3.63, 3.8) is 0 Å². The number of hydrogen-bond donors (Lipinski definition) is 4. The molecule has 5 aromatic rings. The third-order valence-corrected chi connectivity index (χ3v) is 10.5. The maximum atomic E-state index is 6.52. The molecule has 0 saturated heterocycles. The Morgan fingerprint density at radius 1 is 0.893 bits per heavy atom. The zero-order valence-electron chi connectivity index (χ0n) is 32.7. The number of halogens is 2. The number of nitrogens with one attached hydrogen (secondary N) is 2. The molecular weight excluding hydrogens is 755 g/mol. The van der Waals surface area contributed by atoms with Crippen molar-refractivity contribution in [3.8, 4) is 0 Å². The zero-order chi connectivity index (χ0) is 40.7. The van der Waals surface area contributed by atoms with E-state index in [1.165, 1.54) is 46.7 Å². The molecule has 56 heavy (non-hydrogen) atoms. The second-order valence-electron chi connectivity index (χ2n) is 13.6. The molecule has 16 nitrogen and oxygen atoms in total. The van der Waals surface area contributed by atoms with Crippen LogP contribution in [0.3, 0.4) is 0 Å². The number of hydrogen-bond acceptors (Lipinski definition) is 16. The van der Waals surface area contributed by atoms with Crippen molar-refractivity contribution in [2.24, 2.45) is 0 Å². The maximum absolute atomic E-state index is 6.52. The first-order valence-corrected chi connectivity index (χ1v) is 19.0. The summed E-state index contributed by atoms with van der Waals surface area (Å²) in [5, 5.41) is 21.4. The first kappa shape index (κ1) is 41.7. The van der Waals surface area contributed by atoms with Gasteiger partial charge in [0.05, 0.1) is 24.5 Å². The Balaban J connectivity index is 0.000000191. The minimum atomic E-state index is 0.0416. The van der Waals surface area contributed by atoms with Crippen molar-refractivity contribution in [2.45, 2.75) is 93.2 Å². The van der Waals surface area contributed by atoms with E-state index in [1.54, 1.807) is 0 Å². The number of aromatic nitrogens is 8. The quantitative estimate of drug-likeness (QED) is 0.0711. The minimum absolute atomic E-state index is 0.0416. The molecule has 7 rings (SSSR count). The van der Waals surface area contributed by atoms with E-state index < -0.39 is 0 Å². The Bertz CT molecular complexity index is 2200. The van der Waals surface area contributed by atoms with Crippen molar-refractivity contribution in [2.75, 3.05) is 34.4 Å². The van der Waals surface area contributed by atoms with Crippen LogP contribution in [-0.2, 0) is 43.5 Å². The van der Waals surface area contributed by atoms with Gasteiger partial charge in [-0.25, -0.2) is 9.97 Å². The van der Waals surface area contributed by atoms with Gasteiger partial charge in [0.25, 0.3) is 0 Å². The number of fused-ring (bicyclic) bond motifs is 2. The van der Waals surface area contributed by atoms with E-state index in [0.29, 0.717) is 35.7 Å². The molecule has 2 aliphatic heterocycles. The summed E-state index contributed by atoms with van der Waals surface area (Å²) in [5.41, 5.74) is 23.2. The Hall–Kier alpha value is -5.48. The predicted octanol–water partition coefficient (Wildman–Crippen LogP) is 6.47. The molecule has 18 heteroatoms. The van der Waals surface area contributed by atoms with E-state index in [-0.39, 0.29) is 23.7 Å². The van der Waals surface area contributed by atoms with Crippen LogP contribution in [-0.4, -0.2) is 65.5 Å². The number of rotatable bonds is 9. The number of aryl methyl sites for hydroxylation is 2. The molecule has 296 valence electrons. The van der Waals surface area contributed by atoms with E-state index in [2.05, 4.69) is 96.2 Å². The lowest BCUT2D eigenvalue weighted by molar-refractivity contribution is 0.473. The highest BCUT2D eigenvalue weighted by Crippen LogP contribution is 2.41. The molecule has 5 aromatic heterocycles. The molecule has 0 bridgehead atoms. The molecule has 7 heterocycles. The van der Waals surface area contributed by atoms with Gasteiger partial charge in [-0.15, -0.1) is 10.2 Å². The fourth-order valence-corrected chi connectivity index (χ4v) is 7.82. The average Bonchev–Trinajstić information content (AvgIpc) is 3.88. The summed E-state index contributed by atoms with van der Waals surface area (Å²) in [6.45, 7) is 17.2. The van der Waals surface area contributed by atoms with Crippen molar-refractivity contribution >= 4 is 59.0 Å². The fourth-order valence-electron chi connectivity index (χ4n) is 7.22. The van der Waals surface area contributed by atoms with Crippen LogP contribution >= 0.6 is 23.2 Å². The minimum Gasteiger partial charge on any atom is -0.433 e. The third kappa shape index (κ3) is 9.48. The lowest BCUT2D eigenvalue weighted by atomic mass is 10.0. The third-order valence-electron chi connectivity index (χ3n) is 9.93. The SMILES string of the molecule is CC(=N)OC=N.CCc1c(C)cnc(CN2CCc3c(Cl)nc(N)nc32)c1C.CCc1c(C)cnc(CN2C[C@H](Cc3nnco3)c3c(Cl)nc(N)nc32)c1C. The van der Waals surface area contributed by atoms with Gasteiger partial charge in [0.1, 0.15) is 21.9 Å². The number of anilines is 4. The Morgan fingerprint density at radius 3 is 1.98 bits per heavy atom. The molecule has 6 N–H and O–H groups in total. The highest BCUT2D eigenvalue weighted by atomic mass is 35.5. The first-order valence-electron chi connectivity index (χ1n) is 18.2. The molecule has 1 atom stereocenters. The smallest absolute Gasteiger partial charge is 0.223 e. The van der Waals surface area contributed by atoms with Crippen LogP contribution < -0.4 is 21.3 Å². The molecule has 0 unspecified atom stereocenters. The molecule has 0 aliphatic carbocycles. The Morgan fingerprint density at radius 2 is 1.46 bits per heavy atom.